The largest absolute Gasteiger partial charge is 0.397 e. The summed E-state index contributed by atoms with van der Waals surface area (Å²) in [4.78, 5) is 2.43. The molecular weight excluding hydrogens is 224 g/mol. The van der Waals surface area contributed by atoms with Crippen LogP contribution in [-0.2, 0) is 11.2 Å². The van der Waals surface area contributed by atoms with E-state index < -0.39 is 0 Å². The van der Waals surface area contributed by atoms with Gasteiger partial charge in [0.1, 0.15) is 0 Å². The fourth-order valence-corrected chi connectivity index (χ4v) is 3.22. The zero-order valence-corrected chi connectivity index (χ0v) is 11.1. The number of nitrogen functional groups attached to an aromatic ring is 1. The quantitative estimate of drug-likeness (QED) is 0.815. The standard InChI is InChI=1S/C15H22N2O/c1-11-7-8-13(18-11)10-17-9-3-5-12-4-2-6-14(16)15(12)17/h2,4,6,11,13H,3,5,7-10,16H2,1H3. The molecule has 98 valence electrons. The Balaban J connectivity index is 1.79. The van der Waals surface area contributed by atoms with Crippen molar-refractivity contribution in [2.24, 2.45) is 0 Å². The summed E-state index contributed by atoms with van der Waals surface area (Å²) in [6.45, 7) is 4.26. The number of anilines is 2. The first-order valence-electron chi connectivity index (χ1n) is 7.02. The van der Waals surface area contributed by atoms with E-state index in [1.807, 2.05) is 6.07 Å². The Hall–Kier alpha value is -1.22. The maximum atomic E-state index is 6.15. The van der Waals surface area contributed by atoms with Gasteiger partial charge in [0.25, 0.3) is 0 Å². The average Bonchev–Trinajstić information content (AvgIpc) is 2.75. The number of rotatable bonds is 2. The van der Waals surface area contributed by atoms with Crippen LogP contribution in [0, 0.1) is 0 Å². The molecule has 0 saturated carbocycles. The van der Waals surface area contributed by atoms with Crippen molar-refractivity contribution in [2.75, 3.05) is 23.7 Å². The minimum absolute atomic E-state index is 0.380. The lowest BCUT2D eigenvalue weighted by atomic mass is 10.00. The smallest absolute Gasteiger partial charge is 0.0754 e. The zero-order valence-electron chi connectivity index (χ0n) is 11.1. The summed E-state index contributed by atoms with van der Waals surface area (Å²) in [5, 5.41) is 0. The van der Waals surface area contributed by atoms with Gasteiger partial charge in [0.2, 0.25) is 0 Å². The van der Waals surface area contributed by atoms with E-state index in [1.165, 1.54) is 30.5 Å². The predicted molar refractivity (Wildman–Crippen MR) is 75.0 cm³/mol. The van der Waals surface area contributed by atoms with Gasteiger partial charge in [-0.15, -0.1) is 0 Å². The van der Waals surface area contributed by atoms with Gasteiger partial charge in [0.05, 0.1) is 23.6 Å². The normalized spacial score (nSPS) is 27.3. The number of aryl methyl sites for hydroxylation is 1. The van der Waals surface area contributed by atoms with E-state index in [1.54, 1.807) is 0 Å². The fraction of sp³-hybridized carbons (Fsp3) is 0.600. The van der Waals surface area contributed by atoms with E-state index >= 15 is 0 Å². The monoisotopic (exact) mass is 246 g/mol. The lowest BCUT2D eigenvalue weighted by Crippen LogP contribution is -2.36. The number of hydrogen-bond donors (Lipinski definition) is 1. The molecule has 1 saturated heterocycles. The van der Waals surface area contributed by atoms with Gasteiger partial charge in [0.15, 0.2) is 0 Å². The van der Waals surface area contributed by atoms with Crippen LogP contribution in [0.2, 0.25) is 0 Å². The predicted octanol–water partition coefficient (Wildman–Crippen LogP) is 2.59. The minimum atomic E-state index is 0.380. The van der Waals surface area contributed by atoms with Crippen molar-refractivity contribution in [1.82, 2.24) is 0 Å². The number of benzene rings is 1. The minimum Gasteiger partial charge on any atom is -0.397 e. The van der Waals surface area contributed by atoms with Crippen LogP contribution in [0.4, 0.5) is 11.4 Å². The Bertz CT molecular complexity index is 433. The highest BCUT2D eigenvalue weighted by atomic mass is 16.5. The summed E-state index contributed by atoms with van der Waals surface area (Å²) < 4.78 is 5.94. The Morgan fingerprint density at radius 1 is 1.39 bits per heavy atom. The molecule has 0 aromatic heterocycles. The van der Waals surface area contributed by atoms with Gasteiger partial charge in [0, 0.05) is 13.1 Å². The summed E-state index contributed by atoms with van der Waals surface area (Å²) in [7, 11) is 0. The molecule has 1 aromatic rings. The second kappa shape index (κ2) is 4.81. The lowest BCUT2D eigenvalue weighted by Gasteiger charge is -2.34. The highest BCUT2D eigenvalue weighted by Gasteiger charge is 2.27. The van der Waals surface area contributed by atoms with E-state index in [-0.39, 0.29) is 0 Å². The Labute approximate surface area is 109 Å². The average molecular weight is 246 g/mol. The van der Waals surface area contributed by atoms with Crippen LogP contribution in [0.25, 0.3) is 0 Å². The molecule has 0 bridgehead atoms. The van der Waals surface area contributed by atoms with Crippen LogP contribution in [0.3, 0.4) is 0 Å². The Kier molecular flexibility index (Phi) is 3.16. The van der Waals surface area contributed by atoms with Crippen LogP contribution >= 0.6 is 0 Å². The van der Waals surface area contributed by atoms with Gasteiger partial charge in [-0.1, -0.05) is 12.1 Å². The molecule has 2 N–H and O–H groups in total. The Morgan fingerprint density at radius 3 is 3.06 bits per heavy atom. The molecule has 0 aliphatic carbocycles. The second-order valence-electron chi connectivity index (χ2n) is 5.55. The number of fused-ring (bicyclic) bond motifs is 1. The van der Waals surface area contributed by atoms with Crippen molar-refractivity contribution in [2.45, 2.75) is 44.8 Å². The van der Waals surface area contributed by atoms with Gasteiger partial charge in [-0.3, -0.25) is 0 Å². The zero-order chi connectivity index (χ0) is 12.5. The third kappa shape index (κ3) is 2.19. The van der Waals surface area contributed by atoms with Crippen molar-refractivity contribution in [3.63, 3.8) is 0 Å². The van der Waals surface area contributed by atoms with Gasteiger partial charge < -0.3 is 15.4 Å². The molecule has 2 heterocycles. The van der Waals surface area contributed by atoms with E-state index in [0.717, 1.165) is 25.2 Å². The molecule has 3 nitrogen and oxygen atoms in total. The molecule has 2 aliphatic rings. The highest BCUT2D eigenvalue weighted by Crippen LogP contribution is 2.33. The molecule has 0 radical (unpaired) electrons. The van der Waals surface area contributed by atoms with E-state index in [4.69, 9.17) is 10.5 Å². The SMILES string of the molecule is CC1CCC(CN2CCCc3cccc(N)c32)O1. The van der Waals surface area contributed by atoms with Crippen molar-refractivity contribution in [1.29, 1.82) is 0 Å². The number of para-hydroxylation sites is 1. The van der Waals surface area contributed by atoms with Crippen LogP contribution in [-0.4, -0.2) is 25.3 Å². The maximum absolute atomic E-state index is 6.15. The molecule has 18 heavy (non-hydrogen) atoms. The van der Waals surface area contributed by atoms with Crippen molar-refractivity contribution < 1.29 is 4.74 Å². The van der Waals surface area contributed by atoms with E-state index in [0.29, 0.717) is 12.2 Å². The number of nitrogens with zero attached hydrogens (tertiary/aromatic N) is 1. The molecule has 1 fully saturated rings. The van der Waals surface area contributed by atoms with Crippen LogP contribution in [0.5, 0.6) is 0 Å². The molecule has 2 unspecified atom stereocenters. The van der Waals surface area contributed by atoms with Crippen LogP contribution < -0.4 is 10.6 Å². The van der Waals surface area contributed by atoms with Crippen LogP contribution in [0.1, 0.15) is 31.7 Å². The van der Waals surface area contributed by atoms with Gasteiger partial charge in [-0.25, -0.2) is 0 Å². The van der Waals surface area contributed by atoms with Crippen LogP contribution in [0.15, 0.2) is 18.2 Å². The summed E-state index contributed by atoms with van der Waals surface area (Å²) in [6, 6.07) is 6.27. The van der Waals surface area contributed by atoms with Gasteiger partial charge >= 0.3 is 0 Å². The first kappa shape index (κ1) is 11.8. The third-order valence-corrected chi connectivity index (χ3v) is 4.09. The molecule has 3 rings (SSSR count). The molecule has 1 aromatic carbocycles. The third-order valence-electron chi connectivity index (χ3n) is 4.09. The second-order valence-corrected chi connectivity index (χ2v) is 5.55. The summed E-state index contributed by atoms with van der Waals surface area (Å²) in [5.41, 5.74) is 9.72. The van der Waals surface area contributed by atoms with E-state index in [2.05, 4.69) is 24.0 Å². The summed E-state index contributed by atoms with van der Waals surface area (Å²) in [6.07, 6.45) is 5.55. The maximum Gasteiger partial charge on any atom is 0.0754 e. The lowest BCUT2D eigenvalue weighted by molar-refractivity contribution is 0.0598. The molecule has 3 heteroatoms. The summed E-state index contributed by atoms with van der Waals surface area (Å²) >= 11 is 0. The number of nitrogens with two attached hydrogens (primary N) is 1. The first-order chi connectivity index (χ1) is 8.74. The summed E-state index contributed by atoms with van der Waals surface area (Å²) in [5.74, 6) is 0. The molecule has 0 spiro atoms. The van der Waals surface area contributed by atoms with Crippen molar-refractivity contribution >= 4 is 11.4 Å². The fourth-order valence-electron chi connectivity index (χ4n) is 3.22. The van der Waals surface area contributed by atoms with E-state index in [9.17, 15) is 0 Å². The Morgan fingerprint density at radius 2 is 2.28 bits per heavy atom. The molecule has 2 atom stereocenters. The molecular formula is C15H22N2O. The molecule has 2 aliphatic heterocycles. The number of ether oxygens (including phenoxy) is 1. The van der Waals surface area contributed by atoms with Crippen molar-refractivity contribution in [3.8, 4) is 0 Å². The number of hydrogen-bond acceptors (Lipinski definition) is 3. The van der Waals surface area contributed by atoms with Gasteiger partial charge in [-0.05, 0) is 44.2 Å². The van der Waals surface area contributed by atoms with Crippen molar-refractivity contribution in [3.05, 3.63) is 23.8 Å². The first-order valence-corrected chi connectivity index (χ1v) is 7.02. The van der Waals surface area contributed by atoms with Gasteiger partial charge in [-0.2, -0.15) is 0 Å². The highest BCUT2D eigenvalue weighted by molar-refractivity contribution is 5.72. The molecule has 0 amide bonds. The topological polar surface area (TPSA) is 38.5 Å².